The summed E-state index contributed by atoms with van der Waals surface area (Å²) in [5, 5.41) is 12.5. The van der Waals surface area contributed by atoms with E-state index in [1.54, 1.807) is 4.90 Å². The predicted molar refractivity (Wildman–Crippen MR) is 78.2 cm³/mol. The molecule has 0 aromatic carbocycles. The Morgan fingerprint density at radius 3 is 2.50 bits per heavy atom. The molecule has 5 heteroatoms. The fraction of sp³-hybridized carbons (Fsp3) is 1.00. The second kappa shape index (κ2) is 9.64. The zero-order chi connectivity index (χ0) is 14.8. The average molecular weight is 292 g/mol. The first-order chi connectivity index (χ1) is 9.62. The van der Waals surface area contributed by atoms with Crippen molar-refractivity contribution in [3.05, 3.63) is 0 Å². The maximum Gasteiger partial charge on any atom is 0.251 e. The van der Waals surface area contributed by atoms with Crippen molar-refractivity contribution in [1.82, 2.24) is 10.2 Å². The lowest BCUT2D eigenvalue weighted by atomic mass is 9.73. The molecule has 0 bridgehead atoms. The number of aliphatic hydroxyl groups excluding tert-OH is 1. The third-order valence-corrected chi connectivity index (χ3v) is 4.21. The third kappa shape index (κ3) is 6.46. The quantitative estimate of drug-likeness (QED) is 0.607. The largest absolute Gasteiger partial charge is 0.395 e. The van der Waals surface area contributed by atoms with Crippen molar-refractivity contribution < 1.29 is 13.9 Å². The molecule has 2 N–H and O–H groups in total. The van der Waals surface area contributed by atoms with E-state index in [4.69, 9.17) is 5.11 Å². The van der Waals surface area contributed by atoms with Crippen molar-refractivity contribution in [3.8, 4) is 0 Å². The van der Waals surface area contributed by atoms with Gasteiger partial charge in [0.25, 0.3) is 6.43 Å². The van der Waals surface area contributed by atoms with Crippen molar-refractivity contribution in [2.24, 2.45) is 5.41 Å². The minimum absolute atomic E-state index is 0.0504. The highest BCUT2D eigenvalue weighted by Gasteiger charge is 2.34. The van der Waals surface area contributed by atoms with Gasteiger partial charge in [-0.1, -0.05) is 26.2 Å². The van der Waals surface area contributed by atoms with Crippen LogP contribution in [-0.4, -0.2) is 55.8 Å². The van der Waals surface area contributed by atoms with Gasteiger partial charge in [-0.2, -0.15) is 0 Å². The first kappa shape index (κ1) is 17.8. The number of hydrogen-bond donors (Lipinski definition) is 2. The Labute approximate surface area is 121 Å². The highest BCUT2D eigenvalue weighted by molar-refractivity contribution is 4.88. The van der Waals surface area contributed by atoms with Crippen LogP contribution in [0.5, 0.6) is 0 Å². The van der Waals surface area contributed by atoms with Crippen LogP contribution in [0, 0.1) is 5.41 Å². The average Bonchev–Trinajstić information content (AvgIpc) is 2.39. The molecular formula is C15H30F2N2O. The molecule has 1 saturated carbocycles. The highest BCUT2D eigenvalue weighted by Crippen LogP contribution is 2.36. The van der Waals surface area contributed by atoms with Crippen LogP contribution in [0.3, 0.4) is 0 Å². The van der Waals surface area contributed by atoms with E-state index in [0.29, 0.717) is 13.1 Å². The van der Waals surface area contributed by atoms with Crippen molar-refractivity contribution in [3.63, 3.8) is 0 Å². The van der Waals surface area contributed by atoms with Gasteiger partial charge in [-0.25, -0.2) is 8.78 Å². The molecule has 0 saturated heterocycles. The number of halogens is 2. The van der Waals surface area contributed by atoms with Crippen molar-refractivity contribution >= 4 is 0 Å². The molecule has 0 spiro atoms. The van der Waals surface area contributed by atoms with Crippen LogP contribution in [0.2, 0.25) is 0 Å². The van der Waals surface area contributed by atoms with Crippen LogP contribution in [0.1, 0.15) is 45.4 Å². The SMILES string of the molecule is CCCNCC1(CN(CCO)CC(F)F)CCCCC1. The molecule has 0 heterocycles. The van der Waals surface area contributed by atoms with Crippen molar-refractivity contribution in [2.45, 2.75) is 51.9 Å². The number of nitrogens with zero attached hydrogens (tertiary/aromatic N) is 1. The number of hydrogen-bond acceptors (Lipinski definition) is 3. The number of alkyl halides is 2. The molecule has 1 rings (SSSR count). The van der Waals surface area contributed by atoms with Crippen LogP contribution < -0.4 is 5.32 Å². The maximum atomic E-state index is 12.7. The molecule has 0 aliphatic heterocycles. The van der Waals surface area contributed by atoms with Gasteiger partial charge >= 0.3 is 0 Å². The molecule has 3 nitrogen and oxygen atoms in total. The lowest BCUT2D eigenvalue weighted by molar-refractivity contribution is 0.0376. The number of aliphatic hydroxyl groups is 1. The summed E-state index contributed by atoms with van der Waals surface area (Å²) in [5.74, 6) is 0. The zero-order valence-electron chi connectivity index (χ0n) is 12.7. The summed E-state index contributed by atoms with van der Waals surface area (Å²) < 4.78 is 25.3. The first-order valence-electron chi connectivity index (χ1n) is 7.94. The van der Waals surface area contributed by atoms with E-state index in [-0.39, 0.29) is 18.6 Å². The number of nitrogens with one attached hydrogen (secondary N) is 1. The smallest absolute Gasteiger partial charge is 0.251 e. The third-order valence-electron chi connectivity index (χ3n) is 4.21. The van der Waals surface area contributed by atoms with Crippen LogP contribution in [0.4, 0.5) is 8.78 Å². The Hall–Kier alpha value is -0.260. The van der Waals surface area contributed by atoms with Crippen LogP contribution in [0.25, 0.3) is 0 Å². The second-order valence-electron chi connectivity index (χ2n) is 6.09. The van der Waals surface area contributed by atoms with Gasteiger partial charge in [-0.3, -0.25) is 4.90 Å². The van der Waals surface area contributed by atoms with Crippen LogP contribution >= 0.6 is 0 Å². The van der Waals surface area contributed by atoms with Gasteiger partial charge in [-0.05, 0) is 31.2 Å². The topological polar surface area (TPSA) is 35.5 Å². The highest BCUT2D eigenvalue weighted by atomic mass is 19.3. The predicted octanol–water partition coefficient (Wildman–Crippen LogP) is 2.50. The number of rotatable bonds is 10. The zero-order valence-corrected chi connectivity index (χ0v) is 12.7. The molecule has 1 aliphatic carbocycles. The fourth-order valence-corrected chi connectivity index (χ4v) is 3.27. The standard InChI is InChI=1S/C15H30F2N2O/c1-2-8-18-12-15(6-4-3-5-7-15)13-19(9-10-20)11-14(16)17/h14,18,20H,2-13H2,1H3. The van der Waals surface area contributed by atoms with E-state index in [0.717, 1.165) is 32.4 Å². The Balaban J connectivity index is 2.59. The van der Waals surface area contributed by atoms with Gasteiger partial charge in [0.05, 0.1) is 13.2 Å². The molecule has 20 heavy (non-hydrogen) atoms. The summed E-state index contributed by atoms with van der Waals surface area (Å²) >= 11 is 0. The first-order valence-corrected chi connectivity index (χ1v) is 7.94. The molecule has 1 aliphatic rings. The van der Waals surface area contributed by atoms with Gasteiger partial charge in [-0.15, -0.1) is 0 Å². The Morgan fingerprint density at radius 1 is 1.25 bits per heavy atom. The molecule has 0 unspecified atom stereocenters. The van der Waals surface area contributed by atoms with E-state index in [2.05, 4.69) is 12.2 Å². The molecule has 0 radical (unpaired) electrons. The molecular weight excluding hydrogens is 262 g/mol. The van der Waals surface area contributed by atoms with Crippen LogP contribution in [-0.2, 0) is 0 Å². The van der Waals surface area contributed by atoms with Gasteiger partial charge in [0.1, 0.15) is 0 Å². The van der Waals surface area contributed by atoms with E-state index in [9.17, 15) is 8.78 Å². The summed E-state index contributed by atoms with van der Waals surface area (Å²) in [6.07, 6.45) is 4.61. The van der Waals surface area contributed by atoms with E-state index in [1.165, 1.54) is 19.3 Å². The van der Waals surface area contributed by atoms with E-state index < -0.39 is 6.43 Å². The Kier molecular flexibility index (Phi) is 8.57. The minimum atomic E-state index is -2.33. The second-order valence-corrected chi connectivity index (χ2v) is 6.09. The van der Waals surface area contributed by atoms with Crippen molar-refractivity contribution in [1.29, 1.82) is 0 Å². The minimum Gasteiger partial charge on any atom is -0.395 e. The Bertz CT molecular complexity index is 246. The normalized spacial score (nSPS) is 18.9. The van der Waals surface area contributed by atoms with E-state index >= 15 is 0 Å². The van der Waals surface area contributed by atoms with Gasteiger partial charge in [0.15, 0.2) is 0 Å². The summed E-state index contributed by atoms with van der Waals surface area (Å²) in [6, 6.07) is 0. The van der Waals surface area contributed by atoms with Gasteiger partial charge in [0.2, 0.25) is 0 Å². The molecule has 0 amide bonds. The van der Waals surface area contributed by atoms with Crippen LogP contribution in [0.15, 0.2) is 0 Å². The maximum absolute atomic E-state index is 12.7. The lowest BCUT2D eigenvalue weighted by Gasteiger charge is -2.41. The molecule has 1 fully saturated rings. The molecule has 0 aromatic heterocycles. The summed E-state index contributed by atoms with van der Waals surface area (Å²) in [4.78, 5) is 1.74. The molecule has 0 atom stereocenters. The van der Waals surface area contributed by atoms with E-state index in [1.807, 2.05) is 0 Å². The summed E-state index contributed by atoms with van der Waals surface area (Å²) in [7, 11) is 0. The Morgan fingerprint density at radius 2 is 1.95 bits per heavy atom. The van der Waals surface area contributed by atoms with Crippen molar-refractivity contribution in [2.75, 3.05) is 39.3 Å². The summed E-state index contributed by atoms with van der Waals surface area (Å²) in [6.45, 7) is 4.77. The lowest BCUT2D eigenvalue weighted by Crippen LogP contribution is -2.47. The fourth-order valence-electron chi connectivity index (χ4n) is 3.27. The van der Waals surface area contributed by atoms with Gasteiger partial charge in [0, 0.05) is 19.6 Å². The van der Waals surface area contributed by atoms with Gasteiger partial charge < -0.3 is 10.4 Å². The summed E-state index contributed by atoms with van der Waals surface area (Å²) in [5.41, 5.74) is 0.109. The monoisotopic (exact) mass is 292 g/mol. The molecule has 120 valence electrons. The molecule has 0 aromatic rings.